The Balaban J connectivity index is 2.58. The monoisotopic (exact) mass is 305 g/mol. The van der Waals surface area contributed by atoms with Crippen molar-refractivity contribution in [1.29, 1.82) is 0 Å². The number of terminal acetylenes is 1. The van der Waals surface area contributed by atoms with E-state index in [2.05, 4.69) is 10.6 Å². The summed E-state index contributed by atoms with van der Waals surface area (Å²) < 4.78 is 25.9. The zero-order chi connectivity index (χ0) is 13.6. The van der Waals surface area contributed by atoms with Crippen molar-refractivity contribution in [3.8, 4) is 12.3 Å². The van der Waals surface area contributed by atoms with Crippen LogP contribution in [0.25, 0.3) is 0 Å². The summed E-state index contributed by atoms with van der Waals surface area (Å²) in [6.45, 7) is 0.259. The van der Waals surface area contributed by atoms with E-state index < -0.39 is 16.0 Å². The van der Waals surface area contributed by atoms with E-state index in [1.54, 1.807) is 0 Å². The number of carboxylic acids is 1. The normalized spacial score (nSPS) is 11.1. The Morgan fingerprint density at radius 2 is 2.33 bits per heavy atom. The highest BCUT2D eigenvalue weighted by molar-refractivity contribution is 7.99. The molecule has 5 nitrogen and oxygen atoms in total. The standard InChI is InChI=1S/C10H11NO4S3/c1-2-4-16-5-3-11-18(14,15)9-6-8(7-17-9)10(12)13/h1,6-7,11H,3-5H2,(H,12,13). The summed E-state index contributed by atoms with van der Waals surface area (Å²) in [5.74, 6) is 2.40. The maximum absolute atomic E-state index is 11.8. The zero-order valence-electron chi connectivity index (χ0n) is 9.25. The van der Waals surface area contributed by atoms with Crippen LogP contribution in [0.4, 0.5) is 0 Å². The molecule has 2 N–H and O–H groups in total. The molecule has 1 heterocycles. The third-order valence-electron chi connectivity index (χ3n) is 1.81. The molecule has 8 heteroatoms. The number of carboxylic acid groups (broad SMARTS) is 1. The highest BCUT2D eigenvalue weighted by Crippen LogP contribution is 2.19. The van der Waals surface area contributed by atoms with Crippen molar-refractivity contribution in [2.45, 2.75) is 4.21 Å². The number of thiophene rings is 1. The summed E-state index contributed by atoms with van der Waals surface area (Å²) in [4.78, 5) is 10.6. The summed E-state index contributed by atoms with van der Waals surface area (Å²) in [6.07, 6.45) is 5.06. The molecule has 0 aromatic carbocycles. The molecule has 0 saturated carbocycles. The van der Waals surface area contributed by atoms with Crippen LogP contribution in [-0.4, -0.2) is 37.5 Å². The van der Waals surface area contributed by atoms with Crippen LogP contribution in [-0.2, 0) is 10.0 Å². The number of thioether (sulfide) groups is 1. The topological polar surface area (TPSA) is 83.5 Å². The Labute approximate surface area is 114 Å². The molecule has 0 radical (unpaired) electrons. The molecule has 0 unspecified atom stereocenters. The third kappa shape index (κ3) is 4.34. The van der Waals surface area contributed by atoms with Crippen molar-refractivity contribution in [2.24, 2.45) is 0 Å². The smallest absolute Gasteiger partial charge is 0.336 e. The van der Waals surface area contributed by atoms with Crippen LogP contribution in [0.2, 0.25) is 0 Å². The van der Waals surface area contributed by atoms with E-state index in [9.17, 15) is 13.2 Å². The Morgan fingerprint density at radius 3 is 2.89 bits per heavy atom. The Bertz CT molecular complexity index is 556. The van der Waals surface area contributed by atoms with Crippen LogP contribution in [0.5, 0.6) is 0 Å². The fourth-order valence-electron chi connectivity index (χ4n) is 1.02. The second kappa shape index (κ2) is 6.80. The average molecular weight is 305 g/mol. The minimum atomic E-state index is -3.62. The summed E-state index contributed by atoms with van der Waals surface area (Å²) in [5, 5.41) is 10.0. The van der Waals surface area contributed by atoms with Gasteiger partial charge in [-0.05, 0) is 6.07 Å². The van der Waals surface area contributed by atoms with Crippen LogP contribution < -0.4 is 4.72 Å². The highest BCUT2D eigenvalue weighted by atomic mass is 32.2. The quantitative estimate of drug-likeness (QED) is 0.582. The molecule has 98 valence electrons. The summed E-state index contributed by atoms with van der Waals surface area (Å²) in [7, 11) is -3.62. The number of rotatable bonds is 7. The van der Waals surface area contributed by atoms with Gasteiger partial charge in [-0.25, -0.2) is 17.9 Å². The minimum absolute atomic E-state index is 0.00171. The van der Waals surface area contributed by atoms with Gasteiger partial charge in [0.2, 0.25) is 10.0 Å². The molecule has 0 atom stereocenters. The summed E-state index contributed by atoms with van der Waals surface area (Å²) in [6, 6.07) is 1.14. The van der Waals surface area contributed by atoms with Gasteiger partial charge in [-0.15, -0.1) is 29.5 Å². The van der Waals surface area contributed by atoms with Gasteiger partial charge < -0.3 is 5.11 Å². The third-order valence-corrected chi connectivity index (χ3v) is 5.58. The van der Waals surface area contributed by atoms with E-state index in [0.29, 0.717) is 11.5 Å². The first-order chi connectivity index (χ1) is 8.47. The first kappa shape index (κ1) is 15.0. The number of hydrogen-bond donors (Lipinski definition) is 2. The molecule has 0 spiro atoms. The van der Waals surface area contributed by atoms with Crippen LogP contribution in [0, 0.1) is 12.3 Å². The lowest BCUT2D eigenvalue weighted by Gasteiger charge is -2.03. The first-order valence-corrected chi connectivity index (χ1v) is 8.32. The number of nitrogens with one attached hydrogen (secondary N) is 1. The average Bonchev–Trinajstić information content (AvgIpc) is 2.78. The Morgan fingerprint density at radius 1 is 1.61 bits per heavy atom. The fraction of sp³-hybridized carbons (Fsp3) is 0.300. The molecule has 0 aliphatic rings. The number of aromatic carboxylic acids is 1. The second-order valence-electron chi connectivity index (χ2n) is 3.11. The number of sulfonamides is 1. The highest BCUT2D eigenvalue weighted by Gasteiger charge is 2.18. The molecule has 0 bridgehead atoms. The van der Waals surface area contributed by atoms with E-state index in [1.807, 2.05) is 0 Å². The van der Waals surface area contributed by atoms with Crippen LogP contribution in [0.3, 0.4) is 0 Å². The number of hydrogen-bond acceptors (Lipinski definition) is 5. The lowest BCUT2D eigenvalue weighted by Crippen LogP contribution is -2.25. The Kier molecular flexibility index (Phi) is 5.68. The van der Waals surface area contributed by atoms with Crippen molar-refractivity contribution in [3.63, 3.8) is 0 Å². The molecule has 18 heavy (non-hydrogen) atoms. The van der Waals surface area contributed by atoms with Crippen molar-refractivity contribution in [3.05, 3.63) is 17.0 Å². The van der Waals surface area contributed by atoms with Gasteiger partial charge in [-0.1, -0.05) is 5.92 Å². The van der Waals surface area contributed by atoms with Crippen molar-refractivity contribution in [2.75, 3.05) is 18.1 Å². The predicted molar refractivity (Wildman–Crippen MR) is 72.6 cm³/mol. The van der Waals surface area contributed by atoms with Crippen LogP contribution >= 0.6 is 23.1 Å². The van der Waals surface area contributed by atoms with Gasteiger partial charge in [0.25, 0.3) is 0 Å². The predicted octanol–water partition coefficient (Wildman–Crippen LogP) is 1.09. The molecular formula is C10H11NO4S3. The van der Waals surface area contributed by atoms with Gasteiger partial charge in [0.15, 0.2) is 0 Å². The van der Waals surface area contributed by atoms with Crippen LogP contribution in [0.15, 0.2) is 15.7 Å². The molecule has 0 fully saturated rings. The second-order valence-corrected chi connectivity index (χ2v) is 7.12. The van der Waals surface area contributed by atoms with Crippen molar-refractivity contribution < 1.29 is 18.3 Å². The lowest BCUT2D eigenvalue weighted by molar-refractivity contribution is 0.0697. The summed E-state index contributed by atoms with van der Waals surface area (Å²) in [5.41, 5.74) is -0.0259. The maximum atomic E-state index is 11.8. The van der Waals surface area contributed by atoms with Crippen molar-refractivity contribution >= 4 is 39.1 Å². The molecule has 0 aliphatic carbocycles. The van der Waals surface area contributed by atoms with Gasteiger partial charge in [-0.2, -0.15) is 0 Å². The van der Waals surface area contributed by atoms with E-state index >= 15 is 0 Å². The van der Waals surface area contributed by atoms with E-state index in [4.69, 9.17) is 11.5 Å². The van der Waals surface area contributed by atoms with Gasteiger partial charge in [0.05, 0.1) is 11.3 Å². The molecular weight excluding hydrogens is 294 g/mol. The Hall–Kier alpha value is -1.01. The SMILES string of the molecule is C#CCSCCNS(=O)(=O)c1cc(C(=O)O)cs1. The lowest BCUT2D eigenvalue weighted by atomic mass is 10.4. The largest absolute Gasteiger partial charge is 0.478 e. The molecule has 1 aromatic rings. The molecule has 1 aromatic heterocycles. The first-order valence-electron chi connectivity index (χ1n) is 4.80. The molecule has 0 saturated heterocycles. The molecule has 0 aliphatic heterocycles. The zero-order valence-corrected chi connectivity index (χ0v) is 11.7. The molecule has 0 amide bonds. The fourth-order valence-corrected chi connectivity index (χ4v) is 3.89. The molecule has 1 rings (SSSR count). The van der Waals surface area contributed by atoms with E-state index in [-0.39, 0.29) is 16.3 Å². The van der Waals surface area contributed by atoms with Crippen LogP contribution in [0.1, 0.15) is 10.4 Å². The van der Waals surface area contributed by atoms with E-state index in [0.717, 1.165) is 17.4 Å². The minimum Gasteiger partial charge on any atom is -0.478 e. The maximum Gasteiger partial charge on any atom is 0.336 e. The van der Waals surface area contributed by atoms with Gasteiger partial charge >= 0.3 is 5.97 Å². The number of carbonyl (C=O) groups is 1. The van der Waals surface area contributed by atoms with E-state index in [1.165, 1.54) is 17.1 Å². The van der Waals surface area contributed by atoms with Gasteiger partial charge in [0, 0.05) is 17.7 Å². The van der Waals surface area contributed by atoms with Crippen molar-refractivity contribution in [1.82, 2.24) is 4.72 Å². The summed E-state index contributed by atoms with van der Waals surface area (Å²) >= 11 is 2.33. The van der Waals surface area contributed by atoms with Gasteiger partial charge in [-0.3, -0.25) is 0 Å². The van der Waals surface area contributed by atoms with Gasteiger partial charge in [0.1, 0.15) is 4.21 Å².